The van der Waals surface area contributed by atoms with Gasteiger partial charge in [-0.05, 0) is 38.5 Å². The van der Waals surface area contributed by atoms with Gasteiger partial charge < -0.3 is 10.2 Å². The van der Waals surface area contributed by atoms with Crippen molar-refractivity contribution in [2.75, 3.05) is 32.7 Å². The standard InChI is InChI=1S/C11H26N2/c1-5-12-8-7-9-13(6-2)10-11(3)4/h11-12H,5-10H2,1-4H3. The van der Waals surface area contributed by atoms with Crippen molar-refractivity contribution in [3.05, 3.63) is 0 Å². The van der Waals surface area contributed by atoms with Crippen LogP contribution in [-0.2, 0) is 0 Å². The Hall–Kier alpha value is -0.0800. The van der Waals surface area contributed by atoms with Gasteiger partial charge in [0.25, 0.3) is 0 Å². The molecule has 0 radical (unpaired) electrons. The molecule has 0 fully saturated rings. The molecule has 0 atom stereocenters. The molecule has 0 spiro atoms. The third-order valence-corrected chi connectivity index (χ3v) is 2.15. The molecule has 0 saturated carbocycles. The zero-order valence-corrected chi connectivity index (χ0v) is 9.77. The second-order valence-corrected chi connectivity index (χ2v) is 3.99. The van der Waals surface area contributed by atoms with Gasteiger partial charge in [0.2, 0.25) is 0 Å². The summed E-state index contributed by atoms with van der Waals surface area (Å²) in [4.78, 5) is 2.53. The van der Waals surface area contributed by atoms with Crippen LogP contribution in [0.3, 0.4) is 0 Å². The summed E-state index contributed by atoms with van der Waals surface area (Å²) >= 11 is 0. The van der Waals surface area contributed by atoms with Gasteiger partial charge in [-0.15, -0.1) is 0 Å². The van der Waals surface area contributed by atoms with E-state index in [9.17, 15) is 0 Å². The maximum atomic E-state index is 3.35. The van der Waals surface area contributed by atoms with Crippen LogP contribution in [-0.4, -0.2) is 37.6 Å². The van der Waals surface area contributed by atoms with E-state index in [0.717, 1.165) is 19.0 Å². The Balaban J connectivity index is 3.36. The molecular weight excluding hydrogens is 160 g/mol. The summed E-state index contributed by atoms with van der Waals surface area (Å²) < 4.78 is 0. The minimum Gasteiger partial charge on any atom is -0.317 e. The lowest BCUT2D eigenvalue weighted by molar-refractivity contribution is 0.253. The summed E-state index contributed by atoms with van der Waals surface area (Å²) in [6.45, 7) is 14.9. The summed E-state index contributed by atoms with van der Waals surface area (Å²) in [6.07, 6.45) is 1.27. The maximum absolute atomic E-state index is 3.35. The van der Waals surface area contributed by atoms with E-state index in [-0.39, 0.29) is 0 Å². The number of rotatable bonds is 8. The second kappa shape index (κ2) is 8.52. The van der Waals surface area contributed by atoms with Crippen molar-refractivity contribution in [2.45, 2.75) is 34.1 Å². The van der Waals surface area contributed by atoms with Crippen molar-refractivity contribution in [1.82, 2.24) is 10.2 Å². The molecular formula is C11H26N2. The molecule has 0 saturated heterocycles. The molecule has 80 valence electrons. The molecule has 2 nitrogen and oxygen atoms in total. The molecule has 0 aromatic carbocycles. The molecule has 0 aliphatic rings. The van der Waals surface area contributed by atoms with Crippen molar-refractivity contribution < 1.29 is 0 Å². The Kier molecular flexibility index (Phi) is 8.46. The highest BCUT2D eigenvalue weighted by Crippen LogP contribution is 1.98. The molecule has 0 aromatic rings. The predicted molar refractivity (Wildman–Crippen MR) is 60.1 cm³/mol. The zero-order chi connectivity index (χ0) is 10.1. The summed E-state index contributed by atoms with van der Waals surface area (Å²) in [5.74, 6) is 0.791. The summed E-state index contributed by atoms with van der Waals surface area (Å²) in [5, 5.41) is 3.35. The van der Waals surface area contributed by atoms with Crippen LogP contribution < -0.4 is 5.32 Å². The fourth-order valence-corrected chi connectivity index (χ4v) is 1.50. The van der Waals surface area contributed by atoms with Crippen molar-refractivity contribution in [3.63, 3.8) is 0 Å². The van der Waals surface area contributed by atoms with Gasteiger partial charge in [-0.3, -0.25) is 0 Å². The molecule has 0 aromatic heterocycles. The molecule has 13 heavy (non-hydrogen) atoms. The Morgan fingerprint density at radius 3 is 2.38 bits per heavy atom. The Labute approximate surface area is 83.7 Å². The lowest BCUT2D eigenvalue weighted by Gasteiger charge is -2.22. The quantitative estimate of drug-likeness (QED) is 0.583. The van der Waals surface area contributed by atoms with E-state index in [1.165, 1.54) is 26.1 Å². The Morgan fingerprint density at radius 1 is 1.23 bits per heavy atom. The van der Waals surface area contributed by atoms with E-state index >= 15 is 0 Å². The fraction of sp³-hybridized carbons (Fsp3) is 1.00. The van der Waals surface area contributed by atoms with E-state index in [1.54, 1.807) is 0 Å². The highest BCUT2D eigenvalue weighted by molar-refractivity contribution is 4.59. The lowest BCUT2D eigenvalue weighted by atomic mass is 10.2. The fourth-order valence-electron chi connectivity index (χ4n) is 1.50. The average Bonchev–Trinajstić information content (AvgIpc) is 2.09. The number of hydrogen-bond acceptors (Lipinski definition) is 2. The highest BCUT2D eigenvalue weighted by atomic mass is 15.1. The largest absolute Gasteiger partial charge is 0.317 e. The van der Waals surface area contributed by atoms with E-state index in [4.69, 9.17) is 0 Å². The SMILES string of the molecule is CCNCCCN(CC)CC(C)C. The van der Waals surface area contributed by atoms with Crippen molar-refractivity contribution in [1.29, 1.82) is 0 Å². The van der Waals surface area contributed by atoms with Crippen LogP contribution in [0.2, 0.25) is 0 Å². The minimum absolute atomic E-state index is 0.791. The van der Waals surface area contributed by atoms with Crippen molar-refractivity contribution in [2.24, 2.45) is 5.92 Å². The van der Waals surface area contributed by atoms with Gasteiger partial charge in [0.1, 0.15) is 0 Å². The first-order valence-corrected chi connectivity index (χ1v) is 5.63. The van der Waals surface area contributed by atoms with Crippen molar-refractivity contribution in [3.8, 4) is 0 Å². The summed E-state index contributed by atoms with van der Waals surface area (Å²) in [5.41, 5.74) is 0. The molecule has 0 aliphatic carbocycles. The number of nitrogens with zero attached hydrogens (tertiary/aromatic N) is 1. The number of hydrogen-bond donors (Lipinski definition) is 1. The van der Waals surface area contributed by atoms with Crippen LogP contribution in [0.5, 0.6) is 0 Å². The molecule has 0 rings (SSSR count). The van der Waals surface area contributed by atoms with Crippen LogP contribution in [0.15, 0.2) is 0 Å². The molecule has 0 bridgehead atoms. The van der Waals surface area contributed by atoms with Gasteiger partial charge in [0, 0.05) is 6.54 Å². The van der Waals surface area contributed by atoms with Gasteiger partial charge in [0.15, 0.2) is 0 Å². The van der Waals surface area contributed by atoms with E-state index in [1.807, 2.05) is 0 Å². The van der Waals surface area contributed by atoms with E-state index in [0.29, 0.717) is 0 Å². The summed E-state index contributed by atoms with van der Waals surface area (Å²) in [6, 6.07) is 0. The monoisotopic (exact) mass is 186 g/mol. The van der Waals surface area contributed by atoms with Gasteiger partial charge in [-0.1, -0.05) is 27.7 Å². The molecule has 0 unspecified atom stereocenters. The topological polar surface area (TPSA) is 15.3 Å². The van der Waals surface area contributed by atoms with E-state index < -0.39 is 0 Å². The van der Waals surface area contributed by atoms with Gasteiger partial charge in [-0.2, -0.15) is 0 Å². The van der Waals surface area contributed by atoms with Crippen LogP contribution in [0.1, 0.15) is 34.1 Å². The molecule has 0 amide bonds. The van der Waals surface area contributed by atoms with Crippen LogP contribution >= 0.6 is 0 Å². The van der Waals surface area contributed by atoms with Crippen LogP contribution in [0.4, 0.5) is 0 Å². The molecule has 1 N–H and O–H groups in total. The first-order valence-electron chi connectivity index (χ1n) is 5.63. The minimum atomic E-state index is 0.791. The van der Waals surface area contributed by atoms with Crippen LogP contribution in [0, 0.1) is 5.92 Å². The third kappa shape index (κ3) is 8.26. The van der Waals surface area contributed by atoms with Crippen LogP contribution in [0.25, 0.3) is 0 Å². The van der Waals surface area contributed by atoms with E-state index in [2.05, 4.69) is 37.9 Å². The Morgan fingerprint density at radius 2 is 1.92 bits per heavy atom. The van der Waals surface area contributed by atoms with Gasteiger partial charge >= 0.3 is 0 Å². The highest BCUT2D eigenvalue weighted by Gasteiger charge is 2.03. The van der Waals surface area contributed by atoms with Gasteiger partial charge in [-0.25, -0.2) is 0 Å². The maximum Gasteiger partial charge on any atom is 0.000428 e. The first-order chi connectivity index (χ1) is 6.20. The Bertz CT molecular complexity index is 102. The molecule has 2 heteroatoms. The molecule has 0 heterocycles. The summed E-state index contributed by atoms with van der Waals surface area (Å²) in [7, 11) is 0. The third-order valence-electron chi connectivity index (χ3n) is 2.15. The smallest absolute Gasteiger partial charge is 0.000428 e. The number of nitrogens with one attached hydrogen (secondary N) is 1. The second-order valence-electron chi connectivity index (χ2n) is 3.99. The first kappa shape index (κ1) is 12.9. The van der Waals surface area contributed by atoms with Crippen molar-refractivity contribution >= 4 is 0 Å². The normalized spacial score (nSPS) is 11.5. The zero-order valence-electron chi connectivity index (χ0n) is 9.77. The molecule has 0 aliphatic heterocycles. The average molecular weight is 186 g/mol. The van der Waals surface area contributed by atoms with Gasteiger partial charge in [0.05, 0.1) is 0 Å². The predicted octanol–water partition coefficient (Wildman–Crippen LogP) is 1.96. The lowest BCUT2D eigenvalue weighted by Crippen LogP contribution is -2.30.